The number of nitrogens with one attached hydrogen (secondary N) is 1. The summed E-state index contributed by atoms with van der Waals surface area (Å²) >= 11 is 6.37. The number of carbonyl (C=O) groups excluding carboxylic acids is 1. The Kier molecular flexibility index (Phi) is 7.48. The van der Waals surface area contributed by atoms with Crippen LogP contribution in [0.1, 0.15) is 5.56 Å². The van der Waals surface area contributed by atoms with Crippen molar-refractivity contribution in [3.05, 3.63) is 53.1 Å². The second kappa shape index (κ2) is 10.3. The molecule has 30 heavy (non-hydrogen) atoms. The molecule has 0 saturated carbocycles. The first-order chi connectivity index (χ1) is 14.5. The smallest absolute Gasteiger partial charge is 0.387 e. The third-order valence-electron chi connectivity index (χ3n) is 4.40. The lowest BCUT2D eigenvalue weighted by Gasteiger charge is -2.31. The van der Waals surface area contributed by atoms with E-state index in [4.69, 9.17) is 21.1 Å². The average molecular weight is 439 g/mol. The monoisotopic (exact) mass is 438 g/mol. The average Bonchev–Trinajstić information content (AvgIpc) is 2.73. The van der Waals surface area contributed by atoms with Gasteiger partial charge in [0.2, 0.25) is 5.91 Å². The van der Waals surface area contributed by atoms with Crippen LogP contribution in [0.3, 0.4) is 0 Å². The van der Waals surface area contributed by atoms with Gasteiger partial charge in [-0.05, 0) is 35.9 Å². The van der Waals surface area contributed by atoms with Gasteiger partial charge in [-0.25, -0.2) is 0 Å². The van der Waals surface area contributed by atoms with Gasteiger partial charge in [0.1, 0.15) is 0 Å². The van der Waals surface area contributed by atoms with E-state index in [-0.39, 0.29) is 17.4 Å². The molecule has 1 amide bonds. The Morgan fingerprint density at radius 1 is 1.23 bits per heavy atom. The lowest BCUT2D eigenvalue weighted by molar-refractivity contribution is -0.111. The van der Waals surface area contributed by atoms with Gasteiger partial charge in [-0.15, -0.1) is 0 Å². The van der Waals surface area contributed by atoms with E-state index < -0.39 is 6.61 Å². The zero-order chi connectivity index (χ0) is 21.5. The second-order valence-corrected chi connectivity index (χ2v) is 6.75. The van der Waals surface area contributed by atoms with Crippen LogP contribution in [0, 0.1) is 0 Å². The van der Waals surface area contributed by atoms with E-state index in [1.54, 1.807) is 30.3 Å². The van der Waals surface area contributed by atoms with Crippen LogP contribution in [-0.4, -0.2) is 45.9 Å². The number of rotatable bonds is 7. The summed E-state index contributed by atoms with van der Waals surface area (Å²) in [6.07, 6.45) is 2.88. The van der Waals surface area contributed by atoms with E-state index in [1.807, 2.05) is 0 Å². The lowest BCUT2D eigenvalue weighted by Crippen LogP contribution is -2.37. The van der Waals surface area contributed by atoms with Crippen molar-refractivity contribution in [1.82, 2.24) is 0 Å². The summed E-state index contributed by atoms with van der Waals surface area (Å²) in [5.41, 5.74) is 1.93. The molecule has 0 aromatic heterocycles. The molecule has 0 aliphatic carbocycles. The Morgan fingerprint density at radius 2 is 2.00 bits per heavy atom. The van der Waals surface area contributed by atoms with Crippen molar-refractivity contribution < 1.29 is 27.8 Å². The first kappa shape index (κ1) is 21.9. The molecule has 1 heterocycles. The largest absolute Gasteiger partial charge is 0.493 e. The van der Waals surface area contributed by atoms with Crippen molar-refractivity contribution in [2.45, 2.75) is 6.61 Å². The molecule has 0 unspecified atom stereocenters. The van der Waals surface area contributed by atoms with Crippen LogP contribution in [0.15, 0.2) is 42.5 Å². The molecule has 2 aromatic rings. The highest BCUT2D eigenvalue weighted by Gasteiger charge is 2.18. The summed E-state index contributed by atoms with van der Waals surface area (Å²) < 4.78 is 39.7. The molecule has 9 heteroatoms. The number of anilines is 2. The zero-order valence-electron chi connectivity index (χ0n) is 16.2. The Morgan fingerprint density at radius 3 is 2.70 bits per heavy atom. The fourth-order valence-corrected chi connectivity index (χ4v) is 3.35. The highest BCUT2D eigenvalue weighted by molar-refractivity contribution is 6.34. The fourth-order valence-electron chi connectivity index (χ4n) is 3.05. The molecule has 0 bridgehead atoms. The van der Waals surface area contributed by atoms with E-state index in [2.05, 4.69) is 15.0 Å². The van der Waals surface area contributed by atoms with E-state index in [1.165, 1.54) is 25.3 Å². The fraction of sp³-hybridized carbons (Fsp3) is 0.286. The number of para-hydroxylation sites is 1. The molecule has 6 nitrogen and oxygen atoms in total. The Hall–Kier alpha value is -2.84. The van der Waals surface area contributed by atoms with Crippen molar-refractivity contribution in [1.29, 1.82) is 0 Å². The summed E-state index contributed by atoms with van der Waals surface area (Å²) in [7, 11) is 1.35. The number of ether oxygens (including phenoxy) is 3. The number of amides is 1. The predicted molar refractivity (Wildman–Crippen MR) is 112 cm³/mol. The number of morpholine rings is 1. The molecular formula is C21H21ClF2N2O4. The van der Waals surface area contributed by atoms with Crippen molar-refractivity contribution in [3.63, 3.8) is 0 Å². The molecular weight excluding hydrogens is 418 g/mol. The third kappa shape index (κ3) is 5.61. The summed E-state index contributed by atoms with van der Waals surface area (Å²) in [6, 6.07) is 9.71. The number of carbonyl (C=O) groups is 1. The van der Waals surface area contributed by atoms with Gasteiger partial charge in [0, 0.05) is 19.2 Å². The van der Waals surface area contributed by atoms with E-state index >= 15 is 0 Å². The van der Waals surface area contributed by atoms with Crippen LogP contribution >= 0.6 is 11.6 Å². The van der Waals surface area contributed by atoms with E-state index in [0.29, 0.717) is 42.6 Å². The maximum absolute atomic E-state index is 12.5. The van der Waals surface area contributed by atoms with Crippen LogP contribution in [0.5, 0.6) is 11.5 Å². The Balaban J connectivity index is 1.73. The van der Waals surface area contributed by atoms with Crippen molar-refractivity contribution in [3.8, 4) is 11.5 Å². The molecule has 2 aromatic carbocycles. The zero-order valence-corrected chi connectivity index (χ0v) is 17.0. The van der Waals surface area contributed by atoms with Crippen LogP contribution in [0.25, 0.3) is 6.08 Å². The number of halogens is 3. The van der Waals surface area contributed by atoms with E-state index in [0.717, 1.165) is 5.69 Å². The summed E-state index contributed by atoms with van der Waals surface area (Å²) in [5.74, 6) is -0.302. The molecule has 0 radical (unpaired) electrons. The Bertz CT molecular complexity index is 918. The number of alkyl halides is 2. The quantitative estimate of drug-likeness (QED) is 0.648. The van der Waals surface area contributed by atoms with Crippen LogP contribution in [0.4, 0.5) is 20.2 Å². The van der Waals surface area contributed by atoms with Gasteiger partial charge in [-0.3, -0.25) is 4.79 Å². The van der Waals surface area contributed by atoms with Gasteiger partial charge in [0.25, 0.3) is 0 Å². The molecule has 1 aliphatic heterocycles. The molecule has 0 spiro atoms. The predicted octanol–water partition coefficient (Wildman–Crippen LogP) is 4.44. The second-order valence-electron chi connectivity index (χ2n) is 6.35. The Labute approximate surface area is 178 Å². The third-order valence-corrected chi connectivity index (χ3v) is 4.71. The molecule has 1 N–H and O–H groups in total. The molecule has 1 fully saturated rings. The van der Waals surface area contributed by atoms with Gasteiger partial charge >= 0.3 is 6.61 Å². The van der Waals surface area contributed by atoms with Gasteiger partial charge in [0.15, 0.2) is 11.5 Å². The van der Waals surface area contributed by atoms with Crippen molar-refractivity contribution in [2.75, 3.05) is 43.6 Å². The topological polar surface area (TPSA) is 60.0 Å². The van der Waals surface area contributed by atoms with Crippen LogP contribution in [-0.2, 0) is 9.53 Å². The minimum atomic E-state index is -2.95. The van der Waals surface area contributed by atoms with Crippen LogP contribution < -0.4 is 19.7 Å². The summed E-state index contributed by atoms with van der Waals surface area (Å²) in [6.45, 7) is -0.425. The SMILES string of the molecule is COc1cc(/C=C/C(=O)Nc2cccc(Cl)c2N2CCOCC2)ccc1OC(F)F. The minimum absolute atomic E-state index is 0.0804. The van der Waals surface area contributed by atoms with Gasteiger partial charge in [0.05, 0.1) is 36.7 Å². The van der Waals surface area contributed by atoms with Gasteiger partial charge in [-0.1, -0.05) is 23.7 Å². The first-order valence-electron chi connectivity index (χ1n) is 9.21. The highest BCUT2D eigenvalue weighted by atomic mass is 35.5. The van der Waals surface area contributed by atoms with Gasteiger partial charge in [-0.2, -0.15) is 8.78 Å². The number of hydrogen-bond acceptors (Lipinski definition) is 5. The maximum atomic E-state index is 12.5. The highest BCUT2D eigenvalue weighted by Crippen LogP contribution is 2.34. The normalized spacial score (nSPS) is 14.2. The summed E-state index contributed by atoms with van der Waals surface area (Å²) in [4.78, 5) is 14.5. The first-order valence-corrected chi connectivity index (χ1v) is 9.59. The molecule has 1 aliphatic rings. The van der Waals surface area contributed by atoms with Crippen molar-refractivity contribution >= 4 is 35.0 Å². The maximum Gasteiger partial charge on any atom is 0.387 e. The minimum Gasteiger partial charge on any atom is -0.493 e. The number of nitrogens with zero attached hydrogens (tertiary/aromatic N) is 1. The number of methoxy groups -OCH3 is 1. The summed E-state index contributed by atoms with van der Waals surface area (Å²) in [5, 5.41) is 3.38. The van der Waals surface area contributed by atoms with Crippen LogP contribution in [0.2, 0.25) is 5.02 Å². The van der Waals surface area contributed by atoms with E-state index in [9.17, 15) is 13.6 Å². The lowest BCUT2D eigenvalue weighted by atomic mass is 10.2. The molecule has 0 atom stereocenters. The standard InChI is InChI=1S/C21H21ClF2N2O4/c1-28-18-13-14(5-7-17(18)30-21(23)24)6-8-19(27)25-16-4-2-3-15(22)20(16)26-9-11-29-12-10-26/h2-8,13,21H,9-12H2,1H3,(H,25,27)/b8-6+. The molecule has 1 saturated heterocycles. The number of hydrogen-bond donors (Lipinski definition) is 1. The molecule has 3 rings (SSSR count). The molecule has 160 valence electrons. The number of benzene rings is 2. The van der Waals surface area contributed by atoms with Gasteiger partial charge < -0.3 is 24.4 Å². The van der Waals surface area contributed by atoms with Crippen molar-refractivity contribution in [2.24, 2.45) is 0 Å².